The molecule has 2 nitrogen and oxygen atoms in total. The second-order valence-electron chi connectivity index (χ2n) is 4.76. The van der Waals surface area contributed by atoms with Crippen molar-refractivity contribution >= 4 is 28.9 Å². The highest BCUT2D eigenvalue weighted by atomic mass is 35.5. The van der Waals surface area contributed by atoms with Gasteiger partial charge in [-0.1, -0.05) is 23.2 Å². The van der Waals surface area contributed by atoms with Gasteiger partial charge < -0.3 is 10.2 Å². The van der Waals surface area contributed by atoms with E-state index >= 15 is 0 Å². The highest BCUT2D eigenvalue weighted by Crippen LogP contribution is 2.25. The number of anilines is 1. The Morgan fingerprint density at radius 2 is 1.94 bits per heavy atom. The quantitative estimate of drug-likeness (QED) is 0.902. The molecule has 0 aromatic heterocycles. The van der Waals surface area contributed by atoms with Crippen LogP contribution in [-0.4, -0.2) is 31.6 Å². The molecule has 94 valence electrons. The number of hydrogen-bond donors (Lipinski definition) is 1. The lowest BCUT2D eigenvalue weighted by Gasteiger charge is -2.29. The second-order valence-corrected chi connectivity index (χ2v) is 5.57. The first-order valence-corrected chi connectivity index (χ1v) is 6.78. The van der Waals surface area contributed by atoms with E-state index in [-0.39, 0.29) is 0 Å². The van der Waals surface area contributed by atoms with Gasteiger partial charge in [0.15, 0.2) is 0 Å². The molecule has 0 unspecified atom stereocenters. The molecule has 0 aliphatic carbocycles. The molecule has 1 aliphatic rings. The van der Waals surface area contributed by atoms with Crippen molar-refractivity contribution in [2.24, 2.45) is 5.92 Å². The fourth-order valence-electron chi connectivity index (χ4n) is 2.13. The molecule has 0 amide bonds. The molecule has 1 aliphatic heterocycles. The SMILES string of the molecule is CN1CCC(CNc2ccc(Cl)c(Cl)c2)CC1. The molecule has 0 atom stereocenters. The van der Waals surface area contributed by atoms with Gasteiger partial charge in [0.2, 0.25) is 0 Å². The van der Waals surface area contributed by atoms with Crippen LogP contribution in [0.4, 0.5) is 5.69 Å². The molecule has 0 radical (unpaired) electrons. The van der Waals surface area contributed by atoms with Crippen molar-refractivity contribution in [2.45, 2.75) is 12.8 Å². The number of rotatable bonds is 3. The van der Waals surface area contributed by atoms with Gasteiger partial charge in [0, 0.05) is 12.2 Å². The summed E-state index contributed by atoms with van der Waals surface area (Å²) in [7, 11) is 2.18. The van der Waals surface area contributed by atoms with Crippen molar-refractivity contribution < 1.29 is 0 Å². The molecule has 0 bridgehead atoms. The van der Waals surface area contributed by atoms with E-state index < -0.39 is 0 Å². The smallest absolute Gasteiger partial charge is 0.0612 e. The predicted molar refractivity (Wildman–Crippen MR) is 75.2 cm³/mol. The first kappa shape index (κ1) is 13.0. The number of hydrogen-bond acceptors (Lipinski definition) is 2. The van der Waals surface area contributed by atoms with Crippen molar-refractivity contribution in [1.29, 1.82) is 0 Å². The van der Waals surface area contributed by atoms with Gasteiger partial charge in [0.25, 0.3) is 0 Å². The summed E-state index contributed by atoms with van der Waals surface area (Å²) >= 11 is 11.9. The van der Waals surface area contributed by atoms with Gasteiger partial charge in [-0.15, -0.1) is 0 Å². The first-order valence-electron chi connectivity index (χ1n) is 6.02. The minimum atomic E-state index is 0.608. The summed E-state index contributed by atoms with van der Waals surface area (Å²) in [6, 6.07) is 5.70. The Morgan fingerprint density at radius 3 is 2.59 bits per heavy atom. The van der Waals surface area contributed by atoms with Crippen LogP contribution in [0.15, 0.2) is 18.2 Å². The Labute approximate surface area is 113 Å². The van der Waals surface area contributed by atoms with Crippen LogP contribution in [0.1, 0.15) is 12.8 Å². The minimum absolute atomic E-state index is 0.608. The molecule has 1 N–H and O–H groups in total. The zero-order valence-electron chi connectivity index (χ0n) is 10.0. The molecule has 1 fully saturated rings. The van der Waals surface area contributed by atoms with E-state index in [0.29, 0.717) is 10.0 Å². The lowest BCUT2D eigenvalue weighted by Crippen LogP contribution is -2.32. The van der Waals surface area contributed by atoms with Crippen LogP contribution in [0.25, 0.3) is 0 Å². The van der Waals surface area contributed by atoms with Gasteiger partial charge in [-0.2, -0.15) is 0 Å². The van der Waals surface area contributed by atoms with E-state index in [4.69, 9.17) is 23.2 Å². The topological polar surface area (TPSA) is 15.3 Å². The Bertz CT molecular complexity index is 374. The Morgan fingerprint density at radius 1 is 1.24 bits per heavy atom. The zero-order valence-corrected chi connectivity index (χ0v) is 11.6. The number of benzene rings is 1. The van der Waals surface area contributed by atoms with E-state index in [1.165, 1.54) is 25.9 Å². The van der Waals surface area contributed by atoms with Crippen LogP contribution >= 0.6 is 23.2 Å². The Balaban J connectivity index is 1.83. The van der Waals surface area contributed by atoms with Gasteiger partial charge in [0.05, 0.1) is 10.0 Å². The van der Waals surface area contributed by atoms with Gasteiger partial charge >= 0.3 is 0 Å². The predicted octanol–water partition coefficient (Wildman–Crippen LogP) is 3.75. The van der Waals surface area contributed by atoms with Crippen molar-refractivity contribution in [3.05, 3.63) is 28.2 Å². The van der Waals surface area contributed by atoms with Gasteiger partial charge in [-0.05, 0) is 57.1 Å². The maximum absolute atomic E-state index is 5.98. The monoisotopic (exact) mass is 272 g/mol. The number of likely N-dealkylation sites (tertiary alicyclic amines) is 1. The molecule has 4 heteroatoms. The largest absolute Gasteiger partial charge is 0.385 e. The summed E-state index contributed by atoms with van der Waals surface area (Å²) < 4.78 is 0. The minimum Gasteiger partial charge on any atom is -0.385 e. The van der Waals surface area contributed by atoms with Crippen LogP contribution in [0.2, 0.25) is 10.0 Å². The number of halogens is 2. The first-order chi connectivity index (χ1) is 8.15. The lowest BCUT2D eigenvalue weighted by molar-refractivity contribution is 0.226. The van der Waals surface area contributed by atoms with E-state index in [9.17, 15) is 0 Å². The molecule has 0 saturated carbocycles. The summed E-state index contributed by atoms with van der Waals surface area (Å²) in [4.78, 5) is 2.38. The van der Waals surface area contributed by atoms with Crippen molar-refractivity contribution in [3.63, 3.8) is 0 Å². The summed E-state index contributed by atoms with van der Waals surface area (Å²) in [6.45, 7) is 3.42. The normalized spacial score (nSPS) is 18.3. The Kier molecular flexibility index (Phi) is 4.55. The Hall–Kier alpha value is -0.440. The molecule has 0 spiro atoms. The van der Waals surface area contributed by atoms with Crippen molar-refractivity contribution in [1.82, 2.24) is 4.90 Å². The second kappa shape index (κ2) is 5.94. The van der Waals surface area contributed by atoms with Crippen LogP contribution in [0.3, 0.4) is 0 Å². The number of piperidine rings is 1. The fourth-order valence-corrected chi connectivity index (χ4v) is 2.43. The van der Waals surface area contributed by atoms with Crippen LogP contribution in [-0.2, 0) is 0 Å². The van der Waals surface area contributed by atoms with Gasteiger partial charge in [0.1, 0.15) is 0 Å². The summed E-state index contributed by atoms with van der Waals surface area (Å²) in [5.41, 5.74) is 1.05. The third-order valence-electron chi connectivity index (χ3n) is 3.35. The highest BCUT2D eigenvalue weighted by molar-refractivity contribution is 6.42. The van der Waals surface area contributed by atoms with E-state index in [1.54, 1.807) is 0 Å². The lowest BCUT2D eigenvalue weighted by atomic mass is 9.97. The molecule has 17 heavy (non-hydrogen) atoms. The van der Waals surface area contributed by atoms with E-state index in [2.05, 4.69) is 17.3 Å². The molecular weight excluding hydrogens is 255 g/mol. The average Bonchev–Trinajstić information content (AvgIpc) is 2.33. The molecule has 1 heterocycles. The van der Waals surface area contributed by atoms with E-state index in [1.807, 2.05) is 18.2 Å². The third-order valence-corrected chi connectivity index (χ3v) is 4.09. The standard InChI is InChI=1S/C13H18Cl2N2/c1-17-6-4-10(5-7-17)9-16-11-2-3-12(14)13(15)8-11/h2-3,8,10,16H,4-7,9H2,1H3. The summed E-state index contributed by atoms with van der Waals surface area (Å²) in [5, 5.41) is 4.65. The van der Waals surface area contributed by atoms with Crippen molar-refractivity contribution in [3.8, 4) is 0 Å². The van der Waals surface area contributed by atoms with Gasteiger partial charge in [-0.25, -0.2) is 0 Å². The fraction of sp³-hybridized carbons (Fsp3) is 0.538. The molecule has 1 aromatic carbocycles. The highest BCUT2D eigenvalue weighted by Gasteiger charge is 2.16. The van der Waals surface area contributed by atoms with Crippen LogP contribution < -0.4 is 5.32 Å². The van der Waals surface area contributed by atoms with E-state index in [0.717, 1.165) is 18.2 Å². The molecular formula is C13H18Cl2N2. The average molecular weight is 273 g/mol. The summed E-state index contributed by atoms with van der Waals surface area (Å²) in [5.74, 6) is 0.764. The van der Waals surface area contributed by atoms with Crippen molar-refractivity contribution in [2.75, 3.05) is 32.0 Å². The number of nitrogens with one attached hydrogen (secondary N) is 1. The molecule has 1 saturated heterocycles. The summed E-state index contributed by atoms with van der Waals surface area (Å²) in [6.07, 6.45) is 2.54. The molecule has 1 aromatic rings. The third kappa shape index (κ3) is 3.77. The van der Waals surface area contributed by atoms with Crippen LogP contribution in [0.5, 0.6) is 0 Å². The maximum atomic E-state index is 5.98. The number of nitrogens with zero attached hydrogens (tertiary/aromatic N) is 1. The zero-order chi connectivity index (χ0) is 12.3. The van der Waals surface area contributed by atoms with Gasteiger partial charge in [-0.3, -0.25) is 0 Å². The maximum Gasteiger partial charge on any atom is 0.0612 e. The van der Waals surface area contributed by atoms with Crippen LogP contribution in [0, 0.1) is 5.92 Å². The molecule has 2 rings (SSSR count).